The van der Waals surface area contributed by atoms with Gasteiger partial charge in [0.25, 0.3) is 5.91 Å². The summed E-state index contributed by atoms with van der Waals surface area (Å²) in [5, 5.41) is 3.18. The predicted octanol–water partition coefficient (Wildman–Crippen LogP) is 4.88. The number of amides is 1. The van der Waals surface area contributed by atoms with E-state index < -0.39 is 18.5 Å². The van der Waals surface area contributed by atoms with E-state index in [1.54, 1.807) is 30.3 Å². The van der Waals surface area contributed by atoms with Crippen LogP contribution in [0.15, 0.2) is 36.4 Å². The number of methoxy groups -OCH3 is 1. The summed E-state index contributed by atoms with van der Waals surface area (Å²) < 4.78 is 16.1. The maximum atomic E-state index is 12.3. The zero-order valence-electron chi connectivity index (χ0n) is 17.1. The lowest BCUT2D eigenvalue weighted by Crippen LogP contribution is -2.21. The first kappa shape index (κ1) is 22.6. The third-order valence-corrected chi connectivity index (χ3v) is 4.40. The lowest BCUT2D eigenvalue weighted by molar-refractivity contribution is -0.119. The number of aryl methyl sites for hydroxylation is 1. The van der Waals surface area contributed by atoms with Crippen LogP contribution in [0.3, 0.4) is 0 Å². The molecule has 29 heavy (non-hydrogen) atoms. The Kier molecular flexibility index (Phi) is 8.34. The average Bonchev–Trinajstić information content (AvgIpc) is 2.68. The van der Waals surface area contributed by atoms with Crippen LogP contribution < -0.4 is 14.8 Å². The van der Waals surface area contributed by atoms with Crippen molar-refractivity contribution in [2.24, 2.45) is 5.92 Å². The molecule has 0 heterocycles. The van der Waals surface area contributed by atoms with Crippen molar-refractivity contribution in [1.82, 2.24) is 0 Å². The van der Waals surface area contributed by atoms with E-state index in [1.165, 1.54) is 13.2 Å². The summed E-state index contributed by atoms with van der Waals surface area (Å²) in [5.74, 6) is 0.428. The summed E-state index contributed by atoms with van der Waals surface area (Å²) >= 11 is 5.94. The van der Waals surface area contributed by atoms with Crippen molar-refractivity contribution in [3.8, 4) is 11.5 Å². The van der Waals surface area contributed by atoms with Crippen LogP contribution in [0.5, 0.6) is 11.5 Å². The monoisotopic (exact) mass is 419 g/mol. The molecule has 156 valence electrons. The van der Waals surface area contributed by atoms with Crippen molar-refractivity contribution in [2.75, 3.05) is 25.6 Å². The molecular formula is C22H26ClNO5. The lowest BCUT2D eigenvalue weighted by atomic mass is 10.1. The largest absolute Gasteiger partial charge is 0.493 e. The number of benzene rings is 2. The van der Waals surface area contributed by atoms with Gasteiger partial charge in [-0.2, -0.15) is 0 Å². The molecule has 0 aromatic heterocycles. The quantitative estimate of drug-likeness (QED) is 0.586. The average molecular weight is 420 g/mol. The molecule has 0 aliphatic carbocycles. The smallest absolute Gasteiger partial charge is 0.338 e. The van der Waals surface area contributed by atoms with Crippen LogP contribution in [0.4, 0.5) is 5.69 Å². The zero-order valence-corrected chi connectivity index (χ0v) is 17.8. The van der Waals surface area contributed by atoms with E-state index in [1.807, 2.05) is 6.92 Å². The number of halogens is 1. The van der Waals surface area contributed by atoms with E-state index in [-0.39, 0.29) is 5.56 Å². The number of hydrogen-bond donors (Lipinski definition) is 1. The number of rotatable bonds is 9. The molecule has 2 rings (SSSR count). The van der Waals surface area contributed by atoms with Crippen LogP contribution in [-0.2, 0) is 9.53 Å². The van der Waals surface area contributed by atoms with Crippen LogP contribution in [0, 0.1) is 12.8 Å². The Bertz CT molecular complexity index is 866. The van der Waals surface area contributed by atoms with Gasteiger partial charge in [0.1, 0.15) is 0 Å². The second-order valence-corrected chi connectivity index (χ2v) is 7.42. The van der Waals surface area contributed by atoms with Gasteiger partial charge in [-0.25, -0.2) is 4.79 Å². The highest BCUT2D eigenvalue weighted by atomic mass is 35.5. The molecule has 0 radical (unpaired) electrons. The van der Waals surface area contributed by atoms with E-state index in [0.29, 0.717) is 34.7 Å². The third-order valence-electron chi connectivity index (χ3n) is 4.16. The molecule has 0 fully saturated rings. The van der Waals surface area contributed by atoms with Gasteiger partial charge in [-0.15, -0.1) is 0 Å². The van der Waals surface area contributed by atoms with Gasteiger partial charge in [0.15, 0.2) is 18.1 Å². The molecule has 0 saturated heterocycles. The Morgan fingerprint density at radius 1 is 1.10 bits per heavy atom. The molecule has 0 aliphatic rings. The topological polar surface area (TPSA) is 73.9 Å². The van der Waals surface area contributed by atoms with Crippen molar-refractivity contribution >= 4 is 29.2 Å². The molecule has 6 nitrogen and oxygen atoms in total. The van der Waals surface area contributed by atoms with E-state index in [4.69, 9.17) is 25.8 Å². The Morgan fingerprint density at radius 2 is 1.86 bits per heavy atom. The number of esters is 1. The summed E-state index contributed by atoms with van der Waals surface area (Å²) in [5.41, 5.74) is 1.69. The second kappa shape index (κ2) is 10.7. The van der Waals surface area contributed by atoms with Gasteiger partial charge >= 0.3 is 5.97 Å². The summed E-state index contributed by atoms with van der Waals surface area (Å²) in [6.07, 6.45) is 0.911. The van der Waals surface area contributed by atoms with Gasteiger partial charge < -0.3 is 19.5 Å². The number of hydrogen-bond acceptors (Lipinski definition) is 5. The van der Waals surface area contributed by atoms with Crippen molar-refractivity contribution in [2.45, 2.75) is 27.2 Å². The minimum absolute atomic E-state index is 0.268. The standard InChI is InChI=1S/C22H26ClNO5/c1-14(2)9-10-28-19-8-6-16(11-20(19)27-4)22(26)29-13-21(25)24-18-12-17(23)7-5-15(18)3/h5-8,11-12,14H,9-10,13H2,1-4H3,(H,24,25). The van der Waals surface area contributed by atoms with E-state index in [2.05, 4.69) is 19.2 Å². The van der Waals surface area contributed by atoms with E-state index >= 15 is 0 Å². The van der Waals surface area contributed by atoms with Crippen LogP contribution >= 0.6 is 11.6 Å². The minimum atomic E-state index is -0.630. The molecule has 0 spiro atoms. The van der Waals surface area contributed by atoms with E-state index in [9.17, 15) is 9.59 Å². The molecule has 0 unspecified atom stereocenters. The Morgan fingerprint density at radius 3 is 2.55 bits per heavy atom. The highest BCUT2D eigenvalue weighted by molar-refractivity contribution is 6.31. The first-order valence-electron chi connectivity index (χ1n) is 9.34. The number of carbonyl (C=O) groups is 2. The van der Waals surface area contributed by atoms with Gasteiger partial charge in [0.05, 0.1) is 19.3 Å². The summed E-state index contributed by atoms with van der Waals surface area (Å²) in [4.78, 5) is 24.4. The Labute approximate surface area is 176 Å². The van der Waals surface area contributed by atoms with Gasteiger partial charge in [-0.1, -0.05) is 31.5 Å². The Hall–Kier alpha value is -2.73. The van der Waals surface area contributed by atoms with Crippen LogP contribution in [0.2, 0.25) is 5.02 Å². The first-order chi connectivity index (χ1) is 13.8. The molecule has 1 N–H and O–H groups in total. The molecule has 7 heteroatoms. The second-order valence-electron chi connectivity index (χ2n) is 6.98. The molecule has 2 aromatic rings. The van der Waals surface area contributed by atoms with Gasteiger partial charge in [0, 0.05) is 10.7 Å². The van der Waals surface area contributed by atoms with Crippen LogP contribution in [0.1, 0.15) is 36.2 Å². The molecular weight excluding hydrogens is 394 g/mol. The van der Waals surface area contributed by atoms with Crippen LogP contribution in [-0.4, -0.2) is 32.2 Å². The number of ether oxygens (including phenoxy) is 3. The van der Waals surface area contributed by atoms with Crippen LogP contribution in [0.25, 0.3) is 0 Å². The van der Waals surface area contributed by atoms with Gasteiger partial charge in [0.2, 0.25) is 0 Å². The zero-order chi connectivity index (χ0) is 21.4. The van der Waals surface area contributed by atoms with Crippen molar-refractivity contribution in [3.05, 3.63) is 52.5 Å². The summed E-state index contributed by atoms with van der Waals surface area (Å²) in [7, 11) is 1.50. The highest BCUT2D eigenvalue weighted by Gasteiger charge is 2.15. The third kappa shape index (κ3) is 6.98. The molecule has 0 bridgehead atoms. The fraction of sp³-hybridized carbons (Fsp3) is 0.364. The maximum absolute atomic E-state index is 12.3. The van der Waals surface area contributed by atoms with Gasteiger partial charge in [-0.3, -0.25) is 4.79 Å². The highest BCUT2D eigenvalue weighted by Crippen LogP contribution is 2.28. The number of anilines is 1. The van der Waals surface area contributed by atoms with Gasteiger partial charge in [-0.05, 0) is 55.2 Å². The van der Waals surface area contributed by atoms with Crippen molar-refractivity contribution < 1.29 is 23.8 Å². The summed E-state index contributed by atoms with van der Waals surface area (Å²) in [6, 6.07) is 9.93. The van der Waals surface area contributed by atoms with Crippen molar-refractivity contribution in [3.63, 3.8) is 0 Å². The first-order valence-corrected chi connectivity index (χ1v) is 9.72. The molecule has 2 aromatic carbocycles. The van der Waals surface area contributed by atoms with E-state index in [0.717, 1.165) is 12.0 Å². The maximum Gasteiger partial charge on any atom is 0.338 e. The molecule has 1 amide bonds. The fourth-order valence-electron chi connectivity index (χ4n) is 2.45. The minimum Gasteiger partial charge on any atom is -0.493 e. The van der Waals surface area contributed by atoms with Crippen molar-refractivity contribution in [1.29, 1.82) is 0 Å². The molecule has 0 saturated carbocycles. The summed E-state index contributed by atoms with van der Waals surface area (Å²) in [6.45, 7) is 6.21. The lowest BCUT2D eigenvalue weighted by Gasteiger charge is -2.13. The number of carbonyl (C=O) groups excluding carboxylic acids is 2. The normalized spacial score (nSPS) is 10.6. The SMILES string of the molecule is COc1cc(C(=O)OCC(=O)Nc2cc(Cl)ccc2C)ccc1OCCC(C)C. The predicted molar refractivity (Wildman–Crippen MR) is 113 cm³/mol. The molecule has 0 atom stereocenters. The Balaban J connectivity index is 1.94. The number of nitrogens with one attached hydrogen (secondary N) is 1. The fourth-order valence-corrected chi connectivity index (χ4v) is 2.62. The molecule has 0 aliphatic heterocycles.